The molecule has 0 saturated heterocycles. The summed E-state index contributed by atoms with van der Waals surface area (Å²) in [7, 11) is 0. The molecule has 0 aliphatic rings. The predicted molar refractivity (Wildman–Crippen MR) is 146 cm³/mol. The van der Waals surface area contributed by atoms with E-state index in [1.807, 2.05) is 6.20 Å². The third-order valence-corrected chi connectivity index (χ3v) is 6.75. The Morgan fingerprint density at radius 1 is 0.706 bits per heavy atom. The lowest BCUT2D eigenvalue weighted by molar-refractivity contribution is 0.807. The summed E-state index contributed by atoms with van der Waals surface area (Å²) >= 11 is 0. The first-order valence-electron chi connectivity index (χ1n) is 12.7. The van der Waals surface area contributed by atoms with Gasteiger partial charge < -0.3 is 0 Å². The van der Waals surface area contributed by atoms with E-state index >= 15 is 0 Å². The van der Waals surface area contributed by atoms with Gasteiger partial charge >= 0.3 is 0 Å². The van der Waals surface area contributed by atoms with Crippen molar-refractivity contribution in [3.8, 4) is 28.2 Å². The summed E-state index contributed by atoms with van der Waals surface area (Å²) in [4.78, 5) is 4.76. The maximum Gasteiger partial charge on any atom is 0.144 e. The molecule has 4 rings (SSSR count). The maximum atomic E-state index is 4.76. The van der Waals surface area contributed by atoms with Crippen molar-refractivity contribution in [3.05, 3.63) is 95.3 Å². The van der Waals surface area contributed by atoms with E-state index in [9.17, 15) is 0 Å². The summed E-state index contributed by atoms with van der Waals surface area (Å²) in [5, 5.41) is 0. The standard InChI is InChI=1S/C32H38N2/c1-8-24-16-26(21(2)3)18-27(17-24)28-19-29(22(4)5)31(30(20-28)23(6)7)34-15-14-33-32(34)25-12-10-9-11-13-25/h9-23H,8H2,1-7H3. The summed E-state index contributed by atoms with van der Waals surface area (Å²) in [6, 6.07) is 22.5. The largest absolute Gasteiger partial charge is 0.299 e. The molecule has 0 N–H and O–H groups in total. The molecule has 0 aliphatic heterocycles. The molecule has 0 amide bonds. The highest BCUT2D eigenvalue weighted by Crippen LogP contribution is 2.38. The van der Waals surface area contributed by atoms with Gasteiger partial charge in [0.25, 0.3) is 0 Å². The molecule has 2 nitrogen and oxygen atoms in total. The molecule has 0 saturated carbocycles. The molecular formula is C32H38N2. The predicted octanol–water partition coefficient (Wildman–Crippen LogP) is 9.14. The minimum absolute atomic E-state index is 0.386. The SMILES string of the molecule is CCc1cc(-c2cc(C(C)C)c(-n3ccnc3-c3ccccc3)c(C(C)C)c2)cc(C(C)C)c1. The third kappa shape index (κ3) is 4.73. The molecule has 2 heteroatoms. The molecule has 0 fully saturated rings. The van der Waals surface area contributed by atoms with Crippen LogP contribution >= 0.6 is 0 Å². The van der Waals surface area contributed by atoms with Crippen LogP contribution in [0.15, 0.2) is 73.1 Å². The Bertz CT molecular complexity index is 1230. The van der Waals surface area contributed by atoms with Crippen LogP contribution in [-0.4, -0.2) is 9.55 Å². The minimum Gasteiger partial charge on any atom is -0.299 e. The molecule has 0 atom stereocenters. The lowest BCUT2D eigenvalue weighted by atomic mass is 9.86. The number of hydrogen-bond donors (Lipinski definition) is 0. The van der Waals surface area contributed by atoms with Crippen molar-refractivity contribution in [2.45, 2.75) is 72.6 Å². The topological polar surface area (TPSA) is 17.8 Å². The molecule has 34 heavy (non-hydrogen) atoms. The minimum atomic E-state index is 0.386. The van der Waals surface area contributed by atoms with Crippen LogP contribution in [0.3, 0.4) is 0 Å². The molecule has 3 aromatic carbocycles. The highest BCUT2D eigenvalue weighted by atomic mass is 15.1. The molecule has 176 valence electrons. The van der Waals surface area contributed by atoms with Gasteiger partial charge in [0.15, 0.2) is 0 Å². The van der Waals surface area contributed by atoms with E-state index in [-0.39, 0.29) is 0 Å². The summed E-state index contributed by atoms with van der Waals surface area (Å²) in [5.41, 5.74) is 10.6. The number of aryl methyl sites for hydroxylation is 1. The molecule has 0 spiro atoms. The van der Waals surface area contributed by atoms with Gasteiger partial charge in [0.2, 0.25) is 0 Å². The zero-order valence-corrected chi connectivity index (χ0v) is 21.8. The average molecular weight is 451 g/mol. The van der Waals surface area contributed by atoms with E-state index in [0.29, 0.717) is 17.8 Å². The van der Waals surface area contributed by atoms with E-state index in [0.717, 1.165) is 17.8 Å². The number of hydrogen-bond acceptors (Lipinski definition) is 1. The van der Waals surface area contributed by atoms with Crippen molar-refractivity contribution in [3.63, 3.8) is 0 Å². The van der Waals surface area contributed by atoms with Gasteiger partial charge in [-0.2, -0.15) is 0 Å². The van der Waals surface area contributed by atoms with Crippen LogP contribution in [0.1, 0.15) is 88.5 Å². The van der Waals surface area contributed by atoms with Crippen molar-refractivity contribution < 1.29 is 0 Å². The third-order valence-electron chi connectivity index (χ3n) is 6.75. The Morgan fingerprint density at radius 2 is 1.32 bits per heavy atom. The molecular weight excluding hydrogens is 412 g/mol. The highest BCUT2D eigenvalue weighted by molar-refractivity contribution is 5.72. The molecule has 0 bridgehead atoms. The van der Waals surface area contributed by atoms with Gasteiger partial charge in [-0.05, 0) is 69.7 Å². The molecule has 0 unspecified atom stereocenters. The van der Waals surface area contributed by atoms with E-state index in [4.69, 9.17) is 4.98 Å². The van der Waals surface area contributed by atoms with Crippen LogP contribution in [0, 0.1) is 0 Å². The average Bonchev–Trinajstić information content (AvgIpc) is 3.32. The number of imidazole rings is 1. The number of nitrogens with zero attached hydrogens (tertiary/aromatic N) is 2. The van der Waals surface area contributed by atoms with Crippen LogP contribution in [0.2, 0.25) is 0 Å². The summed E-state index contributed by atoms with van der Waals surface area (Å²) in [6.07, 6.45) is 5.09. The quantitative estimate of drug-likeness (QED) is 0.274. The Kier molecular flexibility index (Phi) is 7.07. The van der Waals surface area contributed by atoms with Gasteiger partial charge in [0.1, 0.15) is 5.82 Å². The molecule has 0 aliphatic carbocycles. The fraction of sp³-hybridized carbons (Fsp3) is 0.344. The van der Waals surface area contributed by atoms with Crippen molar-refractivity contribution in [2.24, 2.45) is 0 Å². The van der Waals surface area contributed by atoms with Gasteiger partial charge in [-0.1, -0.05) is 97.0 Å². The van der Waals surface area contributed by atoms with Crippen molar-refractivity contribution in [1.82, 2.24) is 9.55 Å². The smallest absolute Gasteiger partial charge is 0.144 e. The van der Waals surface area contributed by atoms with Gasteiger partial charge in [0, 0.05) is 18.0 Å². The Labute approximate surface area is 205 Å². The van der Waals surface area contributed by atoms with Gasteiger partial charge in [-0.15, -0.1) is 0 Å². The Balaban J connectivity index is 1.98. The van der Waals surface area contributed by atoms with Crippen LogP contribution in [0.5, 0.6) is 0 Å². The molecule has 1 heterocycles. The summed E-state index contributed by atoms with van der Waals surface area (Å²) in [5.74, 6) is 2.28. The summed E-state index contributed by atoms with van der Waals surface area (Å²) < 4.78 is 2.30. The number of rotatable bonds is 7. The van der Waals surface area contributed by atoms with E-state index in [1.165, 1.54) is 39.1 Å². The summed E-state index contributed by atoms with van der Waals surface area (Å²) in [6.45, 7) is 16.0. The number of aromatic nitrogens is 2. The van der Waals surface area contributed by atoms with E-state index < -0.39 is 0 Å². The lowest BCUT2D eigenvalue weighted by Crippen LogP contribution is -2.09. The van der Waals surface area contributed by atoms with Gasteiger partial charge in [-0.25, -0.2) is 4.98 Å². The first-order valence-corrected chi connectivity index (χ1v) is 12.7. The normalized spacial score (nSPS) is 11.7. The van der Waals surface area contributed by atoms with Crippen molar-refractivity contribution in [1.29, 1.82) is 0 Å². The van der Waals surface area contributed by atoms with E-state index in [1.54, 1.807) is 0 Å². The van der Waals surface area contributed by atoms with E-state index in [2.05, 4.69) is 120 Å². The van der Waals surface area contributed by atoms with Crippen LogP contribution in [0.4, 0.5) is 0 Å². The highest BCUT2D eigenvalue weighted by Gasteiger charge is 2.21. The second kappa shape index (κ2) is 10.0. The first kappa shape index (κ1) is 24.0. The zero-order chi connectivity index (χ0) is 24.4. The maximum absolute atomic E-state index is 4.76. The van der Waals surface area contributed by atoms with Crippen LogP contribution in [0.25, 0.3) is 28.2 Å². The monoisotopic (exact) mass is 450 g/mol. The van der Waals surface area contributed by atoms with Gasteiger partial charge in [-0.3, -0.25) is 4.57 Å². The molecule has 4 aromatic rings. The number of benzene rings is 3. The van der Waals surface area contributed by atoms with Crippen LogP contribution in [-0.2, 0) is 6.42 Å². The second-order valence-electron chi connectivity index (χ2n) is 10.3. The van der Waals surface area contributed by atoms with Crippen LogP contribution < -0.4 is 0 Å². The Hall–Kier alpha value is -3.13. The Morgan fingerprint density at radius 3 is 1.88 bits per heavy atom. The second-order valence-corrected chi connectivity index (χ2v) is 10.3. The zero-order valence-electron chi connectivity index (χ0n) is 21.8. The lowest BCUT2D eigenvalue weighted by Gasteiger charge is -2.24. The van der Waals surface area contributed by atoms with Crippen molar-refractivity contribution >= 4 is 0 Å². The molecule has 1 aromatic heterocycles. The fourth-order valence-electron chi connectivity index (χ4n) is 4.71. The van der Waals surface area contributed by atoms with Gasteiger partial charge in [0.05, 0.1) is 5.69 Å². The van der Waals surface area contributed by atoms with Crippen molar-refractivity contribution in [2.75, 3.05) is 0 Å². The molecule has 0 radical (unpaired) electrons. The first-order chi connectivity index (χ1) is 16.3. The fourth-order valence-corrected chi connectivity index (χ4v) is 4.71.